The van der Waals surface area contributed by atoms with Gasteiger partial charge in [0.25, 0.3) is 5.91 Å². The van der Waals surface area contributed by atoms with E-state index in [1.807, 2.05) is 62.4 Å². The zero-order valence-corrected chi connectivity index (χ0v) is 21.3. The highest BCUT2D eigenvalue weighted by molar-refractivity contribution is 7.84. The average Bonchev–Trinajstić information content (AvgIpc) is 3.23. The third-order valence-corrected chi connectivity index (χ3v) is 7.37. The lowest BCUT2D eigenvalue weighted by Gasteiger charge is -2.36. The molecule has 0 bridgehead atoms. The second-order valence-electron chi connectivity index (χ2n) is 8.61. The van der Waals surface area contributed by atoms with Gasteiger partial charge in [0.1, 0.15) is 6.54 Å². The van der Waals surface area contributed by atoms with Crippen molar-refractivity contribution in [2.45, 2.75) is 39.1 Å². The van der Waals surface area contributed by atoms with Crippen molar-refractivity contribution in [3.8, 4) is 0 Å². The van der Waals surface area contributed by atoms with Crippen LogP contribution in [0.4, 0.5) is 5.69 Å². The summed E-state index contributed by atoms with van der Waals surface area (Å²) < 4.78 is 15.5. The van der Waals surface area contributed by atoms with Gasteiger partial charge in [0.05, 0.1) is 18.0 Å². The summed E-state index contributed by atoms with van der Waals surface area (Å²) in [4.78, 5) is 13.5. The number of nitrogens with zero attached hydrogens (tertiary/aromatic N) is 2. The van der Waals surface area contributed by atoms with Gasteiger partial charge in [-0.1, -0.05) is 66.7 Å². The molecule has 4 rings (SSSR count). The Hall–Kier alpha value is -3.09. The van der Waals surface area contributed by atoms with Crippen molar-refractivity contribution in [1.82, 2.24) is 0 Å². The molecule has 1 aliphatic rings. The highest BCUT2D eigenvalue weighted by atomic mass is 32.2. The van der Waals surface area contributed by atoms with Crippen molar-refractivity contribution in [2.75, 3.05) is 25.0 Å². The first-order valence-corrected chi connectivity index (χ1v) is 12.8. The highest BCUT2D eigenvalue weighted by Crippen LogP contribution is 2.21. The predicted octanol–water partition coefficient (Wildman–Crippen LogP) is 5.44. The molecule has 0 radical (unpaired) electrons. The number of likely N-dealkylation sites (N-methyl/N-ethyl adjacent to an activating group) is 1. The lowest BCUT2D eigenvalue weighted by atomic mass is 10.1. The summed E-state index contributed by atoms with van der Waals surface area (Å²) in [6, 6.07) is 24.0. The lowest BCUT2D eigenvalue weighted by Crippen LogP contribution is -2.51. The molecule has 5 nitrogen and oxygen atoms in total. The molecule has 1 unspecified atom stereocenters. The van der Waals surface area contributed by atoms with E-state index in [-0.39, 0.29) is 5.91 Å². The first-order valence-electron chi connectivity index (χ1n) is 11.7. The van der Waals surface area contributed by atoms with Gasteiger partial charge in [0.2, 0.25) is 0 Å². The van der Waals surface area contributed by atoms with E-state index < -0.39 is 11.0 Å². The second-order valence-corrected chi connectivity index (χ2v) is 9.76. The maximum absolute atomic E-state index is 12.7. The van der Waals surface area contributed by atoms with Crippen LogP contribution in [0.1, 0.15) is 36.1 Å². The maximum atomic E-state index is 12.7. The third kappa shape index (κ3) is 6.49. The normalized spacial score (nSPS) is 14.2. The molecule has 0 saturated heterocycles. The monoisotopic (exact) mass is 476 g/mol. The summed E-state index contributed by atoms with van der Waals surface area (Å²) in [5, 5.41) is 3.13. The maximum Gasteiger partial charge on any atom is 0.279 e. The number of benzene rings is 3. The van der Waals surface area contributed by atoms with Crippen molar-refractivity contribution >= 4 is 28.8 Å². The number of hydrogen-bond acceptors (Lipinski definition) is 2. The fraction of sp³-hybridized carbons (Fsp3) is 0.286. The van der Waals surface area contributed by atoms with Gasteiger partial charge in [-0.25, -0.2) is 4.21 Å². The van der Waals surface area contributed by atoms with E-state index in [1.54, 1.807) is 6.21 Å². The number of carbonyl (C=O) groups is 1. The molecule has 1 atom stereocenters. The summed E-state index contributed by atoms with van der Waals surface area (Å²) in [5.74, 6) is 0.0898. The van der Waals surface area contributed by atoms with E-state index in [9.17, 15) is 9.00 Å². The van der Waals surface area contributed by atoms with Gasteiger partial charge in [-0.2, -0.15) is 4.40 Å². The molecule has 3 aromatic rings. The molecule has 34 heavy (non-hydrogen) atoms. The number of rotatable bonds is 7. The highest BCUT2D eigenvalue weighted by Gasteiger charge is 2.27. The molecule has 3 aromatic carbocycles. The number of fused-ring (bicyclic) bond motifs is 1. The Bertz CT molecular complexity index is 1150. The minimum absolute atomic E-state index is 0.0898. The first kappa shape index (κ1) is 25.5. The third-order valence-electron chi connectivity index (χ3n) is 6.32. The minimum atomic E-state index is -1.13. The topological polar surface area (TPSA) is 58.5 Å². The summed E-state index contributed by atoms with van der Waals surface area (Å²) in [7, 11) is -1.13. The van der Waals surface area contributed by atoms with Crippen LogP contribution in [-0.2, 0) is 22.3 Å². The molecule has 1 heterocycles. The van der Waals surface area contributed by atoms with Gasteiger partial charge in [-0.05, 0) is 44.9 Å². The van der Waals surface area contributed by atoms with E-state index in [1.165, 1.54) is 5.56 Å². The second kappa shape index (κ2) is 11.9. The molecular weight excluding hydrogens is 442 g/mol. The first-order chi connectivity index (χ1) is 16.4. The fourth-order valence-electron chi connectivity index (χ4n) is 4.10. The van der Waals surface area contributed by atoms with Crippen molar-refractivity contribution in [1.29, 1.82) is 0 Å². The van der Waals surface area contributed by atoms with E-state index in [4.69, 9.17) is 0 Å². The summed E-state index contributed by atoms with van der Waals surface area (Å²) in [5.41, 5.74) is 5.42. The molecule has 0 saturated carbocycles. The van der Waals surface area contributed by atoms with Crippen LogP contribution < -0.4 is 5.32 Å². The number of hydrogen-bond donors (Lipinski definition) is 1. The molecule has 1 aliphatic heterocycles. The molecule has 178 valence electrons. The Morgan fingerprint density at radius 2 is 1.50 bits per heavy atom. The van der Waals surface area contributed by atoms with Crippen LogP contribution in [0.15, 0.2) is 82.1 Å². The van der Waals surface area contributed by atoms with Crippen molar-refractivity contribution in [3.63, 3.8) is 0 Å². The van der Waals surface area contributed by atoms with Crippen LogP contribution in [0.3, 0.4) is 0 Å². The molecule has 0 aliphatic carbocycles. The Labute approximate surface area is 205 Å². The number of anilines is 1. The zero-order chi connectivity index (χ0) is 24.6. The Morgan fingerprint density at radius 3 is 2.12 bits per heavy atom. The number of amides is 1. The Balaban J connectivity index is 0.000000266. The molecule has 0 spiro atoms. The molecule has 1 N–H and O–H groups in total. The SMILES string of the molecule is CC[N+](CC)(CC(=O)Nc1c(C)cccc1C)Cc1ccccc1.O=S1N=Cc2ccccc21. The van der Waals surface area contributed by atoms with Crippen LogP contribution in [0, 0.1) is 13.8 Å². The summed E-state index contributed by atoms with van der Waals surface area (Å²) >= 11 is 0. The van der Waals surface area contributed by atoms with E-state index in [0.29, 0.717) is 6.54 Å². The number of quaternary nitrogens is 1. The van der Waals surface area contributed by atoms with Gasteiger partial charge in [-0.3, -0.25) is 4.79 Å². The van der Waals surface area contributed by atoms with Gasteiger partial charge in [0, 0.05) is 23.0 Å². The Morgan fingerprint density at radius 1 is 0.882 bits per heavy atom. The number of carbonyl (C=O) groups excluding carboxylic acids is 1. The minimum Gasteiger partial charge on any atom is -0.321 e. The smallest absolute Gasteiger partial charge is 0.279 e. The van der Waals surface area contributed by atoms with E-state index in [2.05, 4.69) is 47.8 Å². The molecular formula is C28H34N3O2S+. The zero-order valence-electron chi connectivity index (χ0n) is 20.5. The van der Waals surface area contributed by atoms with E-state index >= 15 is 0 Å². The largest absolute Gasteiger partial charge is 0.321 e. The van der Waals surface area contributed by atoms with Crippen LogP contribution in [0.5, 0.6) is 0 Å². The van der Waals surface area contributed by atoms with Crippen LogP contribution in [0.2, 0.25) is 0 Å². The van der Waals surface area contributed by atoms with Gasteiger partial charge < -0.3 is 9.80 Å². The van der Waals surface area contributed by atoms with Gasteiger partial charge in [0.15, 0.2) is 17.5 Å². The fourth-order valence-corrected chi connectivity index (χ4v) is 4.94. The summed E-state index contributed by atoms with van der Waals surface area (Å²) in [6.07, 6.45) is 1.64. The van der Waals surface area contributed by atoms with Crippen molar-refractivity contribution in [3.05, 3.63) is 95.1 Å². The average molecular weight is 477 g/mol. The number of para-hydroxylation sites is 1. The lowest BCUT2D eigenvalue weighted by molar-refractivity contribution is -0.930. The quantitative estimate of drug-likeness (QED) is 0.462. The van der Waals surface area contributed by atoms with E-state index in [0.717, 1.165) is 51.4 Å². The molecule has 1 amide bonds. The summed E-state index contributed by atoms with van der Waals surface area (Å²) in [6.45, 7) is 11.7. The number of nitrogens with one attached hydrogen (secondary N) is 1. The standard InChI is InChI=1S/C21H28N2O.C7H5NOS/c1-5-23(6-2,15-19-13-8-7-9-14-19)16-20(24)22-21-17(3)11-10-12-18(21)4;9-10-7-4-2-1-3-6(7)5-8-10/h7-14H,5-6,15-16H2,1-4H3;1-5H/p+1. The van der Waals surface area contributed by atoms with Crippen LogP contribution in [0.25, 0.3) is 0 Å². The molecule has 0 fully saturated rings. The molecule has 0 aromatic heterocycles. The van der Waals surface area contributed by atoms with Gasteiger partial charge in [-0.15, -0.1) is 0 Å². The Kier molecular flexibility index (Phi) is 8.91. The van der Waals surface area contributed by atoms with Gasteiger partial charge >= 0.3 is 0 Å². The number of aryl methyl sites for hydroxylation is 2. The van der Waals surface area contributed by atoms with Crippen molar-refractivity contribution < 1.29 is 13.5 Å². The van der Waals surface area contributed by atoms with Crippen LogP contribution >= 0.6 is 0 Å². The predicted molar refractivity (Wildman–Crippen MR) is 141 cm³/mol. The van der Waals surface area contributed by atoms with Crippen LogP contribution in [-0.4, -0.2) is 40.4 Å². The van der Waals surface area contributed by atoms with Crippen molar-refractivity contribution in [2.24, 2.45) is 4.40 Å². The molecule has 6 heteroatoms.